The van der Waals surface area contributed by atoms with Gasteiger partial charge in [-0.25, -0.2) is 0 Å². The van der Waals surface area contributed by atoms with Crippen molar-refractivity contribution in [2.45, 2.75) is 0 Å². The van der Waals surface area contributed by atoms with Gasteiger partial charge in [0.05, 0.1) is 5.39 Å². The third kappa shape index (κ3) is 1.18. The van der Waals surface area contributed by atoms with Gasteiger partial charge in [-0.15, -0.1) is 0 Å². The van der Waals surface area contributed by atoms with E-state index in [1.54, 1.807) is 12.3 Å². The molecular formula is C13H10NO2+. The number of hydrogen-bond acceptors (Lipinski definition) is 2. The summed E-state index contributed by atoms with van der Waals surface area (Å²) in [5.74, 6) is -0.167. The summed E-state index contributed by atoms with van der Waals surface area (Å²) >= 11 is 0. The Morgan fingerprint density at radius 2 is 1.88 bits per heavy atom. The van der Waals surface area contributed by atoms with Crippen LogP contribution in [0.2, 0.25) is 0 Å². The summed E-state index contributed by atoms with van der Waals surface area (Å²) in [4.78, 5) is 0. The average molecular weight is 212 g/mol. The van der Waals surface area contributed by atoms with Crippen LogP contribution in [-0.4, -0.2) is 10.2 Å². The summed E-state index contributed by atoms with van der Waals surface area (Å²) in [6.07, 6.45) is 3.71. The van der Waals surface area contributed by atoms with E-state index >= 15 is 0 Å². The van der Waals surface area contributed by atoms with Gasteiger partial charge in [0.15, 0.2) is 23.9 Å². The van der Waals surface area contributed by atoms with Crippen LogP contribution in [0.15, 0.2) is 48.8 Å². The molecule has 0 aliphatic rings. The van der Waals surface area contributed by atoms with Gasteiger partial charge in [0, 0.05) is 18.2 Å². The highest BCUT2D eigenvalue weighted by Gasteiger charge is 2.10. The SMILES string of the molecule is Oc1ccc2cc3cccc[n+]3cc2c1O. The fraction of sp³-hybridized carbons (Fsp3) is 0. The van der Waals surface area contributed by atoms with Gasteiger partial charge in [-0.1, -0.05) is 0 Å². The monoisotopic (exact) mass is 212 g/mol. The van der Waals surface area contributed by atoms with Crippen molar-refractivity contribution >= 4 is 16.3 Å². The molecule has 0 saturated heterocycles. The van der Waals surface area contributed by atoms with E-state index in [0.29, 0.717) is 5.39 Å². The topological polar surface area (TPSA) is 44.6 Å². The molecule has 0 bridgehead atoms. The van der Waals surface area contributed by atoms with E-state index in [1.165, 1.54) is 6.07 Å². The second-order valence-electron chi connectivity index (χ2n) is 3.74. The second-order valence-corrected chi connectivity index (χ2v) is 3.74. The molecule has 0 aliphatic heterocycles. The number of fused-ring (bicyclic) bond motifs is 2. The highest BCUT2D eigenvalue weighted by atomic mass is 16.3. The average Bonchev–Trinajstić information content (AvgIpc) is 2.32. The molecule has 0 amide bonds. The van der Waals surface area contributed by atoms with Crippen LogP contribution in [0.3, 0.4) is 0 Å². The highest BCUT2D eigenvalue weighted by molar-refractivity contribution is 5.90. The third-order valence-electron chi connectivity index (χ3n) is 2.72. The van der Waals surface area contributed by atoms with Crippen LogP contribution in [0.4, 0.5) is 0 Å². The zero-order valence-corrected chi connectivity index (χ0v) is 8.46. The van der Waals surface area contributed by atoms with Gasteiger partial charge in [0.1, 0.15) is 0 Å². The normalized spacial score (nSPS) is 11.0. The van der Waals surface area contributed by atoms with E-state index < -0.39 is 0 Å². The van der Waals surface area contributed by atoms with Crippen molar-refractivity contribution in [3.63, 3.8) is 0 Å². The number of pyridine rings is 2. The van der Waals surface area contributed by atoms with E-state index in [4.69, 9.17) is 0 Å². The van der Waals surface area contributed by atoms with E-state index in [0.717, 1.165) is 10.9 Å². The number of aromatic nitrogens is 1. The number of phenols is 2. The fourth-order valence-corrected chi connectivity index (χ4v) is 1.88. The van der Waals surface area contributed by atoms with Gasteiger partial charge in [-0.2, -0.15) is 4.40 Å². The summed E-state index contributed by atoms with van der Waals surface area (Å²) in [7, 11) is 0. The Morgan fingerprint density at radius 3 is 2.75 bits per heavy atom. The quantitative estimate of drug-likeness (QED) is 0.340. The first-order chi connectivity index (χ1) is 7.75. The maximum absolute atomic E-state index is 9.75. The lowest BCUT2D eigenvalue weighted by Gasteiger charge is -2.01. The van der Waals surface area contributed by atoms with Crippen molar-refractivity contribution in [2.75, 3.05) is 0 Å². The zero-order chi connectivity index (χ0) is 11.1. The van der Waals surface area contributed by atoms with Gasteiger partial charge in [0.2, 0.25) is 5.52 Å². The molecule has 3 heteroatoms. The minimum absolute atomic E-state index is 0.0734. The number of hydrogen-bond donors (Lipinski definition) is 2. The molecule has 0 aliphatic carbocycles. The van der Waals surface area contributed by atoms with E-state index in [1.807, 2.05) is 34.9 Å². The molecule has 0 saturated carbocycles. The highest BCUT2D eigenvalue weighted by Crippen LogP contribution is 2.32. The molecule has 0 spiro atoms. The number of nitrogens with zero attached hydrogens (tertiary/aromatic N) is 1. The molecule has 78 valence electrons. The molecule has 3 nitrogen and oxygen atoms in total. The molecule has 0 unspecified atom stereocenters. The Balaban J connectivity index is 2.51. The smallest absolute Gasteiger partial charge is 0.211 e. The van der Waals surface area contributed by atoms with Crippen molar-refractivity contribution < 1.29 is 14.6 Å². The predicted octanol–water partition coefficient (Wildman–Crippen LogP) is 1.99. The Bertz CT molecular complexity index is 692. The maximum Gasteiger partial charge on any atom is 0.211 e. The van der Waals surface area contributed by atoms with E-state index in [9.17, 15) is 10.2 Å². The standard InChI is InChI=1S/C13H9NO2/c15-12-5-4-9-7-10-3-1-2-6-14(10)8-11(9)13(12)16/h1-8,15H/p+1. The van der Waals surface area contributed by atoms with Gasteiger partial charge >= 0.3 is 0 Å². The van der Waals surface area contributed by atoms with Gasteiger partial charge in [0.25, 0.3) is 0 Å². The lowest BCUT2D eigenvalue weighted by Crippen LogP contribution is -2.19. The van der Waals surface area contributed by atoms with Crippen LogP contribution in [0.25, 0.3) is 16.3 Å². The van der Waals surface area contributed by atoms with Gasteiger partial charge in [-0.05, 0) is 23.6 Å². The van der Waals surface area contributed by atoms with Crippen molar-refractivity contribution in [2.24, 2.45) is 0 Å². The molecule has 0 radical (unpaired) electrons. The summed E-state index contributed by atoms with van der Waals surface area (Å²) < 4.78 is 1.90. The first-order valence-corrected chi connectivity index (χ1v) is 5.00. The van der Waals surface area contributed by atoms with Crippen molar-refractivity contribution in [1.29, 1.82) is 0 Å². The van der Waals surface area contributed by atoms with Crippen molar-refractivity contribution in [1.82, 2.24) is 0 Å². The summed E-state index contributed by atoms with van der Waals surface area (Å²) in [5, 5.41) is 20.7. The number of aromatic hydroxyl groups is 2. The molecule has 3 aromatic rings. The molecule has 0 fully saturated rings. The number of benzene rings is 1. The Hall–Kier alpha value is -2.29. The largest absolute Gasteiger partial charge is 0.504 e. The van der Waals surface area contributed by atoms with Crippen LogP contribution in [0.1, 0.15) is 0 Å². The van der Waals surface area contributed by atoms with Crippen LogP contribution >= 0.6 is 0 Å². The lowest BCUT2D eigenvalue weighted by molar-refractivity contribution is -0.510. The van der Waals surface area contributed by atoms with Crippen molar-refractivity contribution in [3.05, 3.63) is 48.8 Å². The maximum atomic E-state index is 9.75. The lowest BCUT2D eigenvalue weighted by atomic mass is 10.1. The molecule has 2 N–H and O–H groups in total. The van der Waals surface area contributed by atoms with E-state index in [2.05, 4.69) is 0 Å². The van der Waals surface area contributed by atoms with Crippen LogP contribution in [0.5, 0.6) is 11.5 Å². The fourth-order valence-electron chi connectivity index (χ4n) is 1.88. The van der Waals surface area contributed by atoms with Gasteiger partial charge in [-0.3, -0.25) is 0 Å². The van der Waals surface area contributed by atoms with E-state index in [-0.39, 0.29) is 11.5 Å². The van der Waals surface area contributed by atoms with Gasteiger partial charge < -0.3 is 10.2 Å². The van der Waals surface area contributed by atoms with Crippen LogP contribution in [-0.2, 0) is 0 Å². The van der Waals surface area contributed by atoms with Crippen LogP contribution < -0.4 is 4.40 Å². The molecular weight excluding hydrogens is 202 g/mol. The first-order valence-electron chi connectivity index (χ1n) is 5.00. The zero-order valence-electron chi connectivity index (χ0n) is 8.46. The van der Waals surface area contributed by atoms with Crippen LogP contribution in [0, 0.1) is 0 Å². The summed E-state index contributed by atoms with van der Waals surface area (Å²) in [6, 6.07) is 11.1. The molecule has 3 rings (SSSR count). The molecule has 1 aromatic carbocycles. The molecule has 16 heavy (non-hydrogen) atoms. The first kappa shape index (κ1) is 8.97. The minimum Gasteiger partial charge on any atom is -0.504 e. The second kappa shape index (κ2) is 3.10. The molecule has 0 atom stereocenters. The Kier molecular flexibility index (Phi) is 1.74. The molecule has 2 aromatic heterocycles. The Morgan fingerprint density at radius 1 is 1.00 bits per heavy atom. The van der Waals surface area contributed by atoms with Crippen molar-refractivity contribution in [3.8, 4) is 11.5 Å². The number of rotatable bonds is 0. The predicted molar refractivity (Wildman–Crippen MR) is 60.4 cm³/mol. The number of phenolic OH excluding ortho intramolecular Hbond substituents is 2. The third-order valence-corrected chi connectivity index (χ3v) is 2.72. The molecule has 2 heterocycles. The summed E-state index contributed by atoms with van der Waals surface area (Å²) in [5.41, 5.74) is 1.04. The summed E-state index contributed by atoms with van der Waals surface area (Å²) in [6.45, 7) is 0. The Labute approximate surface area is 91.8 Å². The minimum atomic E-state index is -0.0941.